The zero-order chi connectivity index (χ0) is 16.6. The van der Waals surface area contributed by atoms with E-state index < -0.39 is 17.4 Å². The van der Waals surface area contributed by atoms with E-state index in [1.807, 2.05) is 30.0 Å². The van der Waals surface area contributed by atoms with E-state index in [9.17, 15) is 14.7 Å². The Labute approximate surface area is 137 Å². The number of hydrogen-bond donors (Lipinski definition) is 1. The second-order valence-electron chi connectivity index (χ2n) is 6.96. The molecule has 1 amide bonds. The molecule has 3 rings (SSSR count). The normalized spacial score (nSPS) is 24.3. The van der Waals surface area contributed by atoms with E-state index in [0.717, 1.165) is 38.5 Å². The summed E-state index contributed by atoms with van der Waals surface area (Å²) in [6, 6.07) is 7.33. The Morgan fingerprint density at radius 3 is 2.57 bits per heavy atom. The molecule has 1 aliphatic carbocycles. The number of amides is 1. The highest BCUT2D eigenvalue weighted by molar-refractivity contribution is 6.01. The third-order valence-corrected chi connectivity index (χ3v) is 5.74. The number of carboxylic acids is 1. The van der Waals surface area contributed by atoms with E-state index in [-0.39, 0.29) is 11.9 Å². The van der Waals surface area contributed by atoms with Gasteiger partial charge in [-0.2, -0.15) is 0 Å². The lowest BCUT2D eigenvalue weighted by molar-refractivity contribution is -0.144. The van der Waals surface area contributed by atoms with Crippen LogP contribution in [0.25, 0.3) is 0 Å². The summed E-state index contributed by atoms with van der Waals surface area (Å²) >= 11 is 0. The van der Waals surface area contributed by atoms with Gasteiger partial charge in [0.05, 0.1) is 5.54 Å². The minimum absolute atomic E-state index is 0.00866. The van der Waals surface area contributed by atoms with Crippen LogP contribution in [0.3, 0.4) is 0 Å². The molecule has 1 spiro atoms. The summed E-state index contributed by atoms with van der Waals surface area (Å²) in [7, 11) is 0. The minimum atomic E-state index is -0.805. The molecule has 4 heteroatoms. The van der Waals surface area contributed by atoms with Crippen LogP contribution in [-0.4, -0.2) is 33.5 Å². The maximum atomic E-state index is 13.2. The van der Waals surface area contributed by atoms with Gasteiger partial charge in [-0.3, -0.25) is 9.59 Å². The van der Waals surface area contributed by atoms with Gasteiger partial charge in [-0.15, -0.1) is 0 Å². The first kappa shape index (κ1) is 16.0. The summed E-state index contributed by atoms with van der Waals surface area (Å²) in [5.41, 5.74) is 0.702. The summed E-state index contributed by atoms with van der Waals surface area (Å²) in [5.74, 6) is -1.42. The number of carboxylic acid groups (broad SMARTS) is 1. The average Bonchev–Trinajstić information content (AvgIpc) is 2.55. The molecule has 0 saturated heterocycles. The summed E-state index contributed by atoms with van der Waals surface area (Å²) in [5, 5.41) is 10.0. The van der Waals surface area contributed by atoms with Gasteiger partial charge in [0.15, 0.2) is 0 Å². The molecule has 0 radical (unpaired) electrons. The van der Waals surface area contributed by atoms with Crippen molar-refractivity contribution in [3.63, 3.8) is 0 Å². The maximum absolute atomic E-state index is 13.2. The van der Waals surface area contributed by atoms with Crippen LogP contribution in [-0.2, 0) is 4.79 Å². The number of nitrogens with zero attached hydrogens (tertiary/aromatic N) is 1. The second kappa shape index (κ2) is 5.99. The number of hydrogen-bond acceptors (Lipinski definition) is 2. The number of rotatable bonds is 3. The highest BCUT2D eigenvalue weighted by atomic mass is 16.4. The summed E-state index contributed by atoms with van der Waals surface area (Å²) in [6.45, 7) is 4.10. The van der Waals surface area contributed by atoms with E-state index in [1.165, 1.54) is 0 Å². The molecule has 2 atom stereocenters. The Balaban J connectivity index is 2.23. The van der Waals surface area contributed by atoms with E-state index in [2.05, 4.69) is 6.92 Å². The van der Waals surface area contributed by atoms with Gasteiger partial charge in [0.25, 0.3) is 5.91 Å². The van der Waals surface area contributed by atoms with Crippen LogP contribution >= 0.6 is 0 Å². The van der Waals surface area contributed by atoms with Gasteiger partial charge in [-0.05, 0) is 37.8 Å². The average molecular weight is 315 g/mol. The highest BCUT2D eigenvalue weighted by Crippen LogP contribution is 2.50. The van der Waals surface area contributed by atoms with Crippen LogP contribution < -0.4 is 0 Å². The van der Waals surface area contributed by atoms with Gasteiger partial charge in [-0.1, -0.05) is 44.4 Å². The maximum Gasteiger partial charge on any atom is 0.313 e. The zero-order valence-electron chi connectivity index (χ0n) is 13.9. The van der Waals surface area contributed by atoms with E-state index in [1.54, 1.807) is 6.07 Å². The van der Waals surface area contributed by atoms with Crippen LogP contribution in [0.2, 0.25) is 0 Å². The van der Waals surface area contributed by atoms with Crippen molar-refractivity contribution in [1.29, 1.82) is 0 Å². The number of carbonyl (C=O) groups excluding carboxylic acids is 1. The summed E-state index contributed by atoms with van der Waals surface area (Å²) < 4.78 is 0. The molecule has 1 aliphatic heterocycles. The Kier molecular flexibility index (Phi) is 4.17. The largest absolute Gasteiger partial charge is 0.481 e. The van der Waals surface area contributed by atoms with Crippen molar-refractivity contribution in [1.82, 2.24) is 4.90 Å². The Bertz CT molecular complexity index is 619. The van der Waals surface area contributed by atoms with Crippen molar-refractivity contribution in [2.45, 2.75) is 69.9 Å². The first-order valence-corrected chi connectivity index (χ1v) is 8.68. The molecule has 1 aromatic rings. The van der Waals surface area contributed by atoms with Crippen molar-refractivity contribution >= 4 is 11.9 Å². The van der Waals surface area contributed by atoms with Crippen LogP contribution in [0, 0.1) is 0 Å². The zero-order valence-corrected chi connectivity index (χ0v) is 13.9. The Morgan fingerprint density at radius 1 is 1.30 bits per heavy atom. The van der Waals surface area contributed by atoms with Gasteiger partial charge in [-0.25, -0.2) is 0 Å². The van der Waals surface area contributed by atoms with Crippen molar-refractivity contribution < 1.29 is 14.7 Å². The highest BCUT2D eigenvalue weighted by Gasteiger charge is 2.55. The molecular formula is C19H25NO3. The number of fused-ring (bicyclic) bond motifs is 1. The molecule has 0 unspecified atom stereocenters. The molecule has 124 valence electrons. The van der Waals surface area contributed by atoms with Crippen LogP contribution in [0.5, 0.6) is 0 Å². The van der Waals surface area contributed by atoms with Gasteiger partial charge >= 0.3 is 5.97 Å². The smallest absolute Gasteiger partial charge is 0.313 e. The lowest BCUT2D eigenvalue weighted by Crippen LogP contribution is -2.63. The van der Waals surface area contributed by atoms with Crippen molar-refractivity contribution in [2.75, 3.05) is 0 Å². The predicted molar refractivity (Wildman–Crippen MR) is 88.6 cm³/mol. The van der Waals surface area contributed by atoms with E-state index in [4.69, 9.17) is 0 Å². The monoisotopic (exact) mass is 315 g/mol. The lowest BCUT2D eigenvalue weighted by atomic mass is 9.65. The molecule has 1 aromatic carbocycles. The van der Waals surface area contributed by atoms with Gasteiger partial charge in [0.1, 0.15) is 5.92 Å². The molecule has 1 N–H and O–H groups in total. The molecule has 0 bridgehead atoms. The minimum Gasteiger partial charge on any atom is -0.481 e. The van der Waals surface area contributed by atoms with Crippen LogP contribution in [0.4, 0.5) is 0 Å². The predicted octanol–water partition coefficient (Wildman–Crippen LogP) is 3.81. The summed E-state index contributed by atoms with van der Waals surface area (Å²) in [6.07, 6.45) is 5.52. The molecule has 2 aliphatic rings. The van der Waals surface area contributed by atoms with Crippen LogP contribution in [0.15, 0.2) is 24.3 Å². The summed E-state index contributed by atoms with van der Waals surface area (Å²) in [4.78, 5) is 27.3. The molecule has 4 nitrogen and oxygen atoms in total. The van der Waals surface area contributed by atoms with Crippen molar-refractivity contribution in [3.05, 3.63) is 35.4 Å². The standard InChI is InChI=1S/C19H25NO3/c1-3-13(2)20-17(21)15-10-6-5-9-14(15)16(18(22)23)19(20)11-7-4-8-12-19/h5-6,9-10,13,16H,3-4,7-8,11-12H2,1-2H3,(H,22,23)/t13-,16+/m0/s1. The van der Waals surface area contributed by atoms with Crippen molar-refractivity contribution in [2.24, 2.45) is 0 Å². The Morgan fingerprint density at radius 2 is 1.96 bits per heavy atom. The second-order valence-corrected chi connectivity index (χ2v) is 6.96. The fourth-order valence-corrected chi connectivity index (χ4v) is 4.58. The van der Waals surface area contributed by atoms with Crippen molar-refractivity contribution in [3.8, 4) is 0 Å². The molecule has 0 aromatic heterocycles. The van der Waals surface area contributed by atoms with Crippen LogP contribution in [0.1, 0.15) is 74.2 Å². The molecule has 1 fully saturated rings. The number of aliphatic carboxylic acids is 1. The van der Waals surface area contributed by atoms with E-state index >= 15 is 0 Å². The SMILES string of the molecule is CC[C@H](C)N1C(=O)c2ccccc2[C@H](C(=O)O)C12CCCCC2. The molecule has 1 saturated carbocycles. The molecular weight excluding hydrogens is 290 g/mol. The first-order valence-electron chi connectivity index (χ1n) is 8.68. The number of carbonyl (C=O) groups is 2. The fraction of sp³-hybridized carbons (Fsp3) is 0.579. The quantitative estimate of drug-likeness (QED) is 0.922. The third-order valence-electron chi connectivity index (χ3n) is 5.74. The lowest BCUT2D eigenvalue weighted by Gasteiger charge is -2.55. The van der Waals surface area contributed by atoms with Gasteiger partial charge in [0.2, 0.25) is 0 Å². The fourth-order valence-electron chi connectivity index (χ4n) is 4.58. The Hall–Kier alpha value is -1.84. The third kappa shape index (κ3) is 2.35. The van der Waals surface area contributed by atoms with Gasteiger partial charge < -0.3 is 10.0 Å². The topological polar surface area (TPSA) is 57.6 Å². The van der Waals surface area contributed by atoms with E-state index in [0.29, 0.717) is 11.1 Å². The number of benzene rings is 1. The first-order chi connectivity index (χ1) is 11.0. The van der Waals surface area contributed by atoms with Gasteiger partial charge in [0, 0.05) is 11.6 Å². The molecule has 1 heterocycles. The molecule has 23 heavy (non-hydrogen) atoms.